The summed E-state index contributed by atoms with van der Waals surface area (Å²) in [5.74, 6) is 0. The van der Waals surface area contributed by atoms with Gasteiger partial charge in [-0.05, 0) is 13.3 Å². The second-order valence-corrected chi connectivity index (χ2v) is 1.71. The molecular formula is C6H12V. The van der Waals surface area contributed by atoms with E-state index in [1.807, 2.05) is 0 Å². The average molecular weight is 135 g/mol. The van der Waals surface area contributed by atoms with Crippen molar-refractivity contribution in [1.82, 2.24) is 0 Å². The van der Waals surface area contributed by atoms with Crippen molar-refractivity contribution in [3.8, 4) is 0 Å². The van der Waals surface area contributed by atoms with Gasteiger partial charge in [-0.25, -0.2) is 0 Å². The maximum Gasteiger partial charge on any atom is 0 e. The molecule has 0 fully saturated rings. The molecule has 0 saturated carbocycles. The minimum atomic E-state index is 0. The molecule has 0 atom stereocenters. The van der Waals surface area contributed by atoms with Crippen molar-refractivity contribution in [3.05, 3.63) is 12.2 Å². The Labute approximate surface area is 57.9 Å². The van der Waals surface area contributed by atoms with E-state index in [2.05, 4.69) is 20.4 Å². The van der Waals surface area contributed by atoms with Gasteiger partial charge < -0.3 is 0 Å². The van der Waals surface area contributed by atoms with E-state index >= 15 is 0 Å². The van der Waals surface area contributed by atoms with Crippen LogP contribution in [-0.2, 0) is 18.6 Å². The van der Waals surface area contributed by atoms with Crippen LogP contribution >= 0.6 is 0 Å². The standard InChI is InChI=1S/C6H12.V/c1-4-5-6(2)3;/h2,4-5H2,1,3H3;. The van der Waals surface area contributed by atoms with Gasteiger partial charge in [0.2, 0.25) is 0 Å². The molecule has 1 radical (unpaired) electrons. The molecule has 0 spiro atoms. The first-order valence-corrected chi connectivity index (χ1v) is 2.41. The monoisotopic (exact) mass is 135 g/mol. The van der Waals surface area contributed by atoms with Crippen LogP contribution in [0.15, 0.2) is 12.2 Å². The zero-order valence-electron chi connectivity index (χ0n) is 5.07. The molecule has 7 heavy (non-hydrogen) atoms. The largest absolute Gasteiger partial charge is 0.100 e. The van der Waals surface area contributed by atoms with Crippen LogP contribution in [0.5, 0.6) is 0 Å². The maximum atomic E-state index is 3.74. The van der Waals surface area contributed by atoms with Gasteiger partial charge >= 0.3 is 0 Å². The summed E-state index contributed by atoms with van der Waals surface area (Å²) < 4.78 is 0. The van der Waals surface area contributed by atoms with Crippen molar-refractivity contribution < 1.29 is 18.6 Å². The fraction of sp³-hybridized carbons (Fsp3) is 0.667. The van der Waals surface area contributed by atoms with Crippen LogP contribution in [0.3, 0.4) is 0 Å². The summed E-state index contributed by atoms with van der Waals surface area (Å²) in [6.07, 6.45) is 2.41. The Balaban J connectivity index is 0. The Bertz CT molecular complexity index is 48.1. The molecule has 41 valence electrons. The van der Waals surface area contributed by atoms with Crippen LogP contribution in [0.2, 0.25) is 0 Å². The third kappa shape index (κ3) is 10.7. The molecule has 0 saturated heterocycles. The van der Waals surface area contributed by atoms with Gasteiger partial charge in [-0.15, -0.1) is 6.58 Å². The van der Waals surface area contributed by atoms with E-state index in [4.69, 9.17) is 0 Å². The molecule has 1 heteroatoms. The van der Waals surface area contributed by atoms with Crippen LogP contribution in [0.4, 0.5) is 0 Å². The Kier molecular flexibility index (Phi) is 9.34. The summed E-state index contributed by atoms with van der Waals surface area (Å²) in [6.45, 7) is 7.97. The molecule has 0 aliphatic rings. The van der Waals surface area contributed by atoms with Crippen LogP contribution in [-0.4, -0.2) is 0 Å². The molecule has 0 rings (SSSR count). The molecule has 0 nitrogen and oxygen atoms in total. The second-order valence-electron chi connectivity index (χ2n) is 1.71. The quantitative estimate of drug-likeness (QED) is 0.510. The van der Waals surface area contributed by atoms with Gasteiger partial charge in [0, 0.05) is 18.6 Å². The Morgan fingerprint density at radius 3 is 2.00 bits per heavy atom. The molecule has 0 heterocycles. The predicted octanol–water partition coefficient (Wildman–Crippen LogP) is 2.36. The van der Waals surface area contributed by atoms with Gasteiger partial charge in [-0.1, -0.05) is 18.9 Å². The number of hydrogen-bond acceptors (Lipinski definition) is 0. The molecule has 0 unspecified atom stereocenters. The first kappa shape index (κ1) is 10.3. The maximum absolute atomic E-state index is 3.74. The zero-order chi connectivity index (χ0) is 4.99. The minimum Gasteiger partial charge on any atom is -0.100 e. The summed E-state index contributed by atoms with van der Waals surface area (Å²) in [7, 11) is 0. The minimum absolute atomic E-state index is 0. The van der Waals surface area contributed by atoms with Gasteiger partial charge in [-0.2, -0.15) is 0 Å². The molecule has 0 amide bonds. The Morgan fingerprint density at radius 2 is 2.00 bits per heavy atom. The molecule has 0 bridgehead atoms. The van der Waals surface area contributed by atoms with E-state index in [-0.39, 0.29) is 18.6 Å². The summed E-state index contributed by atoms with van der Waals surface area (Å²) >= 11 is 0. The van der Waals surface area contributed by atoms with Crippen LogP contribution < -0.4 is 0 Å². The van der Waals surface area contributed by atoms with E-state index < -0.39 is 0 Å². The number of rotatable bonds is 2. The van der Waals surface area contributed by atoms with Crippen molar-refractivity contribution >= 4 is 0 Å². The van der Waals surface area contributed by atoms with E-state index in [0.717, 1.165) is 0 Å². The van der Waals surface area contributed by atoms with Crippen LogP contribution in [0.1, 0.15) is 26.7 Å². The van der Waals surface area contributed by atoms with Gasteiger partial charge in [0.25, 0.3) is 0 Å². The molecule has 0 aromatic heterocycles. The predicted molar refractivity (Wildman–Crippen MR) is 29.7 cm³/mol. The first-order valence-electron chi connectivity index (χ1n) is 2.41. The second kappa shape index (κ2) is 6.32. The van der Waals surface area contributed by atoms with Crippen LogP contribution in [0.25, 0.3) is 0 Å². The zero-order valence-corrected chi connectivity index (χ0v) is 6.47. The summed E-state index contributed by atoms with van der Waals surface area (Å²) in [5, 5.41) is 0. The van der Waals surface area contributed by atoms with Gasteiger partial charge in [0.1, 0.15) is 0 Å². The van der Waals surface area contributed by atoms with E-state index in [1.165, 1.54) is 18.4 Å². The normalized spacial score (nSPS) is 7.14. The third-order valence-electron chi connectivity index (χ3n) is 0.677. The molecule has 0 N–H and O–H groups in total. The van der Waals surface area contributed by atoms with Crippen molar-refractivity contribution in [2.24, 2.45) is 0 Å². The van der Waals surface area contributed by atoms with E-state index in [9.17, 15) is 0 Å². The van der Waals surface area contributed by atoms with Gasteiger partial charge in [-0.3, -0.25) is 0 Å². The van der Waals surface area contributed by atoms with Crippen molar-refractivity contribution in [1.29, 1.82) is 0 Å². The van der Waals surface area contributed by atoms with Crippen molar-refractivity contribution in [3.63, 3.8) is 0 Å². The first-order chi connectivity index (χ1) is 2.77. The SMILES string of the molecule is C=C(C)CCC.[V]. The fourth-order valence-electron chi connectivity index (χ4n) is 0.427. The molecule has 0 aromatic carbocycles. The molecular weight excluding hydrogens is 123 g/mol. The smallest absolute Gasteiger partial charge is 0 e. The summed E-state index contributed by atoms with van der Waals surface area (Å²) in [5.41, 5.74) is 1.29. The number of hydrogen-bond donors (Lipinski definition) is 0. The van der Waals surface area contributed by atoms with Gasteiger partial charge in [0.15, 0.2) is 0 Å². The molecule has 0 aromatic rings. The molecule has 0 aliphatic heterocycles. The van der Waals surface area contributed by atoms with E-state index in [0.29, 0.717) is 0 Å². The topological polar surface area (TPSA) is 0 Å². The Hall–Kier alpha value is 0.324. The van der Waals surface area contributed by atoms with Crippen LogP contribution in [0, 0.1) is 0 Å². The van der Waals surface area contributed by atoms with E-state index in [1.54, 1.807) is 0 Å². The Morgan fingerprint density at radius 1 is 1.57 bits per heavy atom. The number of allylic oxidation sites excluding steroid dienone is 1. The summed E-state index contributed by atoms with van der Waals surface area (Å²) in [6, 6.07) is 0. The molecule has 0 aliphatic carbocycles. The average Bonchev–Trinajstić information content (AvgIpc) is 1.35. The van der Waals surface area contributed by atoms with Crippen molar-refractivity contribution in [2.45, 2.75) is 26.7 Å². The van der Waals surface area contributed by atoms with Crippen molar-refractivity contribution in [2.75, 3.05) is 0 Å². The third-order valence-corrected chi connectivity index (χ3v) is 0.677. The fourth-order valence-corrected chi connectivity index (χ4v) is 0.427. The van der Waals surface area contributed by atoms with Gasteiger partial charge in [0.05, 0.1) is 0 Å². The summed E-state index contributed by atoms with van der Waals surface area (Å²) in [4.78, 5) is 0.